The minimum atomic E-state index is -4.62. The van der Waals surface area contributed by atoms with Crippen molar-refractivity contribution in [3.8, 4) is 0 Å². The second-order valence-corrected chi connectivity index (χ2v) is 17.9. The molecule has 0 aliphatic heterocycles. The van der Waals surface area contributed by atoms with Crippen molar-refractivity contribution >= 4 is 19.8 Å². The predicted octanol–water partition coefficient (Wildman–Crippen LogP) is 13.2. The van der Waals surface area contributed by atoms with Crippen LogP contribution in [0.2, 0.25) is 0 Å². The number of phosphoric ester groups is 1. The van der Waals surface area contributed by atoms with Crippen LogP contribution in [0.15, 0.2) is 12.2 Å². The summed E-state index contributed by atoms with van der Waals surface area (Å²) in [6, 6.07) is 0. The van der Waals surface area contributed by atoms with Crippen molar-refractivity contribution in [2.24, 2.45) is 0 Å². The molecule has 0 amide bonds. The maximum Gasteiger partial charge on any atom is 0.472 e. The molecule has 0 spiro atoms. The molecule has 344 valence electrons. The molecule has 0 saturated carbocycles. The number of unbranched alkanes of at least 4 members (excludes halogenated alkanes) is 30. The Labute approximate surface area is 356 Å². The molecule has 0 aromatic rings. The maximum atomic E-state index is 12.7. The van der Waals surface area contributed by atoms with Crippen LogP contribution in [0.4, 0.5) is 0 Å². The molecule has 1 unspecified atom stereocenters. The summed E-state index contributed by atoms with van der Waals surface area (Å²) >= 11 is 0. The number of hydrogen-bond acceptors (Lipinski definition) is 9. The molecule has 11 heteroatoms. The van der Waals surface area contributed by atoms with E-state index in [0.717, 1.165) is 51.4 Å². The number of hydrogen-bond donors (Lipinski definition) is 3. The first-order chi connectivity index (χ1) is 28.2. The van der Waals surface area contributed by atoms with Crippen LogP contribution in [-0.2, 0) is 32.7 Å². The Bertz CT molecular complexity index is 977. The Morgan fingerprint density at radius 3 is 1.24 bits per heavy atom. The average molecular weight is 847 g/mol. The highest BCUT2D eigenvalue weighted by atomic mass is 31.2. The first kappa shape index (κ1) is 56.7. The summed E-state index contributed by atoms with van der Waals surface area (Å²) in [7, 11) is -4.62. The zero-order valence-electron chi connectivity index (χ0n) is 37.5. The lowest BCUT2D eigenvalue weighted by atomic mass is 10.0. The zero-order valence-corrected chi connectivity index (χ0v) is 38.4. The minimum absolute atomic E-state index is 0.189. The molecule has 10 nitrogen and oxygen atoms in total. The van der Waals surface area contributed by atoms with Crippen molar-refractivity contribution in [3.05, 3.63) is 12.2 Å². The smallest absolute Gasteiger partial charge is 0.462 e. The van der Waals surface area contributed by atoms with Gasteiger partial charge in [-0.1, -0.05) is 199 Å². The van der Waals surface area contributed by atoms with Crippen molar-refractivity contribution in [2.75, 3.05) is 26.4 Å². The van der Waals surface area contributed by atoms with Crippen LogP contribution in [-0.4, -0.2) is 65.7 Å². The highest BCUT2D eigenvalue weighted by Crippen LogP contribution is 2.43. The highest BCUT2D eigenvalue weighted by Gasteiger charge is 2.27. The summed E-state index contributed by atoms with van der Waals surface area (Å²) in [5, 5.41) is 18.4. The average Bonchev–Trinajstić information content (AvgIpc) is 3.21. The van der Waals surface area contributed by atoms with E-state index >= 15 is 0 Å². The van der Waals surface area contributed by atoms with Gasteiger partial charge < -0.3 is 24.6 Å². The van der Waals surface area contributed by atoms with E-state index in [9.17, 15) is 24.2 Å². The fraction of sp³-hybridized carbons (Fsp3) is 0.915. The first-order valence-electron chi connectivity index (χ1n) is 24.1. The molecule has 0 fully saturated rings. The third kappa shape index (κ3) is 42.8. The fourth-order valence-corrected chi connectivity index (χ4v) is 7.72. The lowest BCUT2D eigenvalue weighted by molar-refractivity contribution is -0.161. The normalized spacial score (nSPS) is 13.8. The van der Waals surface area contributed by atoms with Crippen LogP contribution >= 0.6 is 7.82 Å². The van der Waals surface area contributed by atoms with Crippen molar-refractivity contribution < 1.29 is 47.8 Å². The molecule has 0 aromatic carbocycles. The largest absolute Gasteiger partial charge is 0.472 e. The number of rotatable bonds is 46. The standard InChI is InChI=1S/C47H91O10P/c1-3-5-7-9-11-13-15-17-19-20-21-22-23-25-27-29-31-33-35-37-39-47(51)57-45(43-56-58(52,53)55-41-44(49)40-48)42-54-46(50)38-36-34-32-30-28-26-24-18-16-14-12-10-8-6-4-2/h18,24,44-45,48-49H,3-17,19-23,25-43H2,1-2H3,(H,52,53)/b24-18+/t44-,45+/m0/s1. The molecule has 0 heterocycles. The van der Waals surface area contributed by atoms with Crippen molar-refractivity contribution in [2.45, 2.75) is 251 Å². The van der Waals surface area contributed by atoms with E-state index < -0.39 is 51.8 Å². The van der Waals surface area contributed by atoms with Gasteiger partial charge in [-0.3, -0.25) is 18.6 Å². The van der Waals surface area contributed by atoms with E-state index in [1.54, 1.807) is 0 Å². The van der Waals surface area contributed by atoms with E-state index in [0.29, 0.717) is 12.8 Å². The number of ether oxygens (including phenoxy) is 2. The van der Waals surface area contributed by atoms with Gasteiger partial charge in [0.15, 0.2) is 6.10 Å². The van der Waals surface area contributed by atoms with Gasteiger partial charge in [0.05, 0.1) is 19.8 Å². The second-order valence-electron chi connectivity index (χ2n) is 16.5. The fourth-order valence-electron chi connectivity index (χ4n) is 6.93. The van der Waals surface area contributed by atoms with Gasteiger partial charge >= 0.3 is 19.8 Å². The van der Waals surface area contributed by atoms with Crippen LogP contribution < -0.4 is 0 Å². The summed E-state index contributed by atoms with van der Waals surface area (Å²) in [5.41, 5.74) is 0. The van der Waals surface area contributed by atoms with E-state index in [2.05, 4.69) is 26.0 Å². The minimum Gasteiger partial charge on any atom is -0.462 e. The van der Waals surface area contributed by atoms with Gasteiger partial charge in [-0.25, -0.2) is 4.57 Å². The Morgan fingerprint density at radius 2 is 0.845 bits per heavy atom. The molecule has 0 saturated heterocycles. The van der Waals surface area contributed by atoms with E-state index in [1.807, 2.05) is 0 Å². The number of carbonyl (C=O) groups is 2. The lowest BCUT2D eigenvalue weighted by Crippen LogP contribution is -2.29. The molecule has 3 atom stereocenters. The van der Waals surface area contributed by atoms with Crippen molar-refractivity contribution in [3.63, 3.8) is 0 Å². The molecule has 0 aliphatic rings. The number of carbonyl (C=O) groups excluding carboxylic acids is 2. The topological polar surface area (TPSA) is 149 Å². The second kappa shape index (κ2) is 43.8. The quantitative estimate of drug-likeness (QED) is 0.0234. The summed E-state index contributed by atoms with van der Waals surface area (Å²) in [6.07, 6.45) is 43.2. The van der Waals surface area contributed by atoms with Gasteiger partial charge in [0.25, 0.3) is 0 Å². The van der Waals surface area contributed by atoms with Gasteiger partial charge in [0.2, 0.25) is 0 Å². The third-order valence-electron chi connectivity index (χ3n) is 10.7. The third-order valence-corrected chi connectivity index (χ3v) is 11.6. The van der Waals surface area contributed by atoms with Crippen molar-refractivity contribution in [1.82, 2.24) is 0 Å². The molecular weight excluding hydrogens is 755 g/mol. The van der Waals surface area contributed by atoms with Gasteiger partial charge in [-0.05, 0) is 38.5 Å². The summed E-state index contributed by atoms with van der Waals surface area (Å²) in [5.74, 6) is -0.920. The molecule has 0 aromatic heterocycles. The van der Waals surface area contributed by atoms with Gasteiger partial charge in [0, 0.05) is 12.8 Å². The molecule has 3 N–H and O–H groups in total. The monoisotopic (exact) mass is 847 g/mol. The van der Waals surface area contributed by atoms with Crippen LogP contribution in [0.3, 0.4) is 0 Å². The Kier molecular flexibility index (Phi) is 42.8. The van der Waals surface area contributed by atoms with E-state index in [-0.39, 0.29) is 19.4 Å². The number of allylic oxidation sites excluding steroid dienone is 2. The Hall–Kier alpha value is -1.29. The number of aliphatic hydroxyl groups is 2. The van der Waals surface area contributed by atoms with E-state index in [4.69, 9.17) is 23.6 Å². The molecule has 0 rings (SSSR count). The molecule has 0 bridgehead atoms. The Morgan fingerprint density at radius 1 is 0.500 bits per heavy atom. The predicted molar refractivity (Wildman–Crippen MR) is 238 cm³/mol. The van der Waals surface area contributed by atoms with Gasteiger partial charge in [-0.15, -0.1) is 0 Å². The van der Waals surface area contributed by atoms with Gasteiger partial charge in [0.1, 0.15) is 12.7 Å². The van der Waals surface area contributed by atoms with Crippen LogP contribution in [0.5, 0.6) is 0 Å². The summed E-state index contributed by atoms with van der Waals surface area (Å²) in [4.78, 5) is 35.1. The Balaban J connectivity index is 4.18. The number of aliphatic hydroxyl groups excluding tert-OH is 2. The summed E-state index contributed by atoms with van der Waals surface area (Å²) < 4.78 is 32.8. The first-order valence-corrected chi connectivity index (χ1v) is 25.6. The van der Waals surface area contributed by atoms with Crippen LogP contribution in [0.1, 0.15) is 239 Å². The highest BCUT2D eigenvalue weighted by molar-refractivity contribution is 7.47. The van der Waals surface area contributed by atoms with Gasteiger partial charge in [-0.2, -0.15) is 0 Å². The van der Waals surface area contributed by atoms with Crippen molar-refractivity contribution in [1.29, 1.82) is 0 Å². The zero-order chi connectivity index (χ0) is 42.6. The van der Waals surface area contributed by atoms with Crippen LogP contribution in [0.25, 0.3) is 0 Å². The molecule has 58 heavy (non-hydrogen) atoms. The lowest BCUT2D eigenvalue weighted by Gasteiger charge is -2.20. The molecule has 0 aliphatic carbocycles. The number of esters is 2. The molecular formula is C47H91O10P. The van der Waals surface area contributed by atoms with Crippen LogP contribution in [0, 0.1) is 0 Å². The maximum absolute atomic E-state index is 12.7. The SMILES string of the molecule is CCCCCCCC/C=C/CCCCCCCC(=O)OC[C@H](COP(=O)(O)OC[C@@H](O)CO)OC(=O)CCCCCCCCCCCCCCCCCCCCCC. The van der Waals surface area contributed by atoms with E-state index in [1.165, 1.54) is 148 Å². The summed E-state index contributed by atoms with van der Waals surface area (Å²) in [6.45, 7) is 2.41. The molecule has 0 radical (unpaired) electrons. The number of phosphoric acid groups is 1.